The monoisotopic (exact) mass is 450 g/mol. The van der Waals surface area contributed by atoms with E-state index >= 15 is 0 Å². The maximum atomic E-state index is 12.6. The van der Waals surface area contributed by atoms with Gasteiger partial charge in [0.15, 0.2) is 5.65 Å². The van der Waals surface area contributed by atoms with Crippen LogP contribution >= 0.6 is 0 Å². The van der Waals surface area contributed by atoms with Crippen LogP contribution in [0.25, 0.3) is 16.7 Å². The number of aryl methyl sites for hydroxylation is 5. The maximum Gasteiger partial charge on any atom is 0.328 e. The fourth-order valence-electron chi connectivity index (χ4n) is 4.22. The minimum Gasteiger partial charge on any atom is -0.467 e. The fraction of sp³-hybridized carbons (Fsp3) is 0.462. The summed E-state index contributed by atoms with van der Waals surface area (Å²) in [7, 11) is 1.33. The number of pyridine rings is 1. The number of benzene rings is 1. The van der Waals surface area contributed by atoms with Crippen LogP contribution in [0.1, 0.15) is 53.9 Å². The normalized spacial score (nSPS) is 12.3. The molecule has 0 radical (unpaired) electrons. The zero-order valence-electron chi connectivity index (χ0n) is 20.9. The van der Waals surface area contributed by atoms with Gasteiger partial charge in [-0.2, -0.15) is 5.10 Å². The lowest BCUT2D eigenvalue weighted by molar-refractivity contribution is -0.146. The molecule has 0 aliphatic carbocycles. The number of aromatic nitrogens is 3. The maximum absolute atomic E-state index is 12.6. The molecule has 7 heteroatoms. The van der Waals surface area contributed by atoms with Gasteiger partial charge < -0.3 is 10.1 Å². The summed E-state index contributed by atoms with van der Waals surface area (Å²) < 4.78 is 6.72. The molecule has 2 aromatic heterocycles. The molecule has 0 spiro atoms. The Bertz CT molecular complexity index is 1210. The first-order valence-electron chi connectivity index (χ1n) is 11.3. The number of hydrogen-bond acceptors (Lipinski definition) is 5. The van der Waals surface area contributed by atoms with Gasteiger partial charge in [-0.05, 0) is 81.3 Å². The van der Waals surface area contributed by atoms with E-state index in [2.05, 4.69) is 44.3 Å². The second-order valence-corrected chi connectivity index (χ2v) is 9.08. The van der Waals surface area contributed by atoms with E-state index in [-0.39, 0.29) is 18.2 Å². The van der Waals surface area contributed by atoms with E-state index in [1.807, 2.05) is 32.4 Å². The highest BCUT2D eigenvalue weighted by Gasteiger charge is 2.25. The van der Waals surface area contributed by atoms with Gasteiger partial charge in [0.1, 0.15) is 6.04 Å². The van der Waals surface area contributed by atoms with Crippen molar-refractivity contribution >= 4 is 22.9 Å². The summed E-state index contributed by atoms with van der Waals surface area (Å²) in [4.78, 5) is 29.4. The van der Waals surface area contributed by atoms with Crippen molar-refractivity contribution < 1.29 is 14.3 Å². The predicted molar refractivity (Wildman–Crippen MR) is 130 cm³/mol. The van der Waals surface area contributed by atoms with Crippen LogP contribution in [0.15, 0.2) is 18.2 Å². The van der Waals surface area contributed by atoms with E-state index < -0.39 is 12.0 Å². The molecule has 1 N–H and O–H groups in total. The van der Waals surface area contributed by atoms with Crippen molar-refractivity contribution in [1.82, 2.24) is 20.1 Å². The molecular weight excluding hydrogens is 416 g/mol. The highest BCUT2D eigenvalue weighted by Crippen LogP contribution is 2.28. The van der Waals surface area contributed by atoms with Gasteiger partial charge in [-0.25, -0.2) is 14.5 Å². The lowest BCUT2D eigenvalue weighted by Crippen LogP contribution is -2.45. The average molecular weight is 451 g/mol. The van der Waals surface area contributed by atoms with E-state index in [4.69, 9.17) is 14.8 Å². The van der Waals surface area contributed by atoms with E-state index in [9.17, 15) is 9.59 Å². The molecule has 33 heavy (non-hydrogen) atoms. The molecule has 1 atom stereocenters. The molecule has 0 aliphatic rings. The van der Waals surface area contributed by atoms with Crippen molar-refractivity contribution in [3.8, 4) is 5.69 Å². The van der Waals surface area contributed by atoms with Crippen LogP contribution in [-0.2, 0) is 20.7 Å². The van der Waals surface area contributed by atoms with Crippen LogP contribution in [0.3, 0.4) is 0 Å². The first-order valence-corrected chi connectivity index (χ1v) is 11.3. The minimum atomic E-state index is -0.649. The molecule has 0 aliphatic heterocycles. The summed E-state index contributed by atoms with van der Waals surface area (Å²) in [5.74, 6) is -0.662. The third kappa shape index (κ3) is 4.92. The molecule has 2 heterocycles. The number of esters is 1. The summed E-state index contributed by atoms with van der Waals surface area (Å²) in [5.41, 5.74) is 8.17. The largest absolute Gasteiger partial charge is 0.467 e. The number of carbonyl (C=O) groups excluding carboxylic acids is 2. The van der Waals surface area contributed by atoms with Gasteiger partial charge in [-0.3, -0.25) is 4.79 Å². The Morgan fingerprint density at radius 2 is 1.76 bits per heavy atom. The summed E-state index contributed by atoms with van der Waals surface area (Å²) >= 11 is 0. The van der Waals surface area contributed by atoms with Crippen LogP contribution in [0.2, 0.25) is 0 Å². The predicted octanol–water partition coefficient (Wildman–Crippen LogP) is 4.21. The molecule has 176 valence electrons. The lowest BCUT2D eigenvalue weighted by Gasteiger charge is -2.20. The van der Waals surface area contributed by atoms with Crippen LogP contribution < -0.4 is 5.32 Å². The molecule has 1 amide bonds. The SMILES string of the molecule is COC(=O)C(NC(=O)CCc1c(C)nc2c(c(C)nn2-c2ccc(C)c(C)c2)c1C)C(C)C. The third-order valence-corrected chi connectivity index (χ3v) is 6.35. The van der Waals surface area contributed by atoms with Crippen molar-refractivity contribution in [2.45, 2.75) is 67.3 Å². The van der Waals surface area contributed by atoms with Crippen molar-refractivity contribution in [2.75, 3.05) is 7.11 Å². The topological polar surface area (TPSA) is 86.1 Å². The van der Waals surface area contributed by atoms with Crippen LogP contribution in [0, 0.1) is 40.5 Å². The zero-order chi connectivity index (χ0) is 24.4. The Morgan fingerprint density at radius 3 is 2.36 bits per heavy atom. The van der Waals surface area contributed by atoms with Crippen LogP contribution in [-0.4, -0.2) is 39.8 Å². The molecule has 0 fully saturated rings. The zero-order valence-corrected chi connectivity index (χ0v) is 20.9. The molecule has 3 aromatic rings. The van der Waals surface area contributed by atoms with E-state index in [1.165, 1.54) is 18.2 Å². The second kappa shape index (κ2) is 9.73. The Hall–Kier alpha value is -3.22. The third-order valence-electron chi connectivity index (χ3n) is 6.35. The lowest BCUT2D eigenvalue weighted by atomic mass is 9.98. The summed E-state index contributed by atoms with van der Waals surface area (Å²) in [6.45, 7) is 14.0. The Balaban J connectivity index is 1.90. The van der Waals surface area contributed by atoms with Gasteiger partial charge in [0.2, 0.25) is 5.91 Å². The number of rotatable bonds is 7. The highest BCUT2D eigenvalue weighted by atomic mass is 16.5. The molecule has 0 saturated heterocycles. The van der Waals surface area contributed by atoms with Crippen molar-refractivity contribution in [3.05, 3.63) is 51.8 Å². The van der Waals surface area contributed by atoms with Gasteiger partial charge in [0.25, 0.3) is 0 Å². The summed E-state index contributed by atoms with van der Waals surface area (Å²) in [5, 5.41) is 8.61. The number of fused-ring (bicyclic) bond motifs is 1. The number of amides is 1. The number of nitrogens with one attached hydrogen (secondary N) is 1. The molecule has 1 aromatic carbocycles. The van der Waals surface area contributed by atoms with E-state index in [0.717, 1.165) is 39.2 Å². The average Bonchev–Trinajstić information content (AvgIpc) is 3.09. The minimum absolute atomic E-state index is 0.0539. The summed E-state index contributed by atoms with van der Waals surface area (Å²) in [6, 6.07) is 5.63. The van der Waals surface area contributed by atoms with Crippen LogP contribution in [0.4, 0.5) is 0 Å². The Kier molecular flexibility index (Phi) is 7.20. The quantitative estimate of drug-likeness (QED) is 0.545. The van der Waals surface area contributed by atoms with Crippen molar-refractivity contribution in [2.24, 2.45) is 5.92 Å². The fourth-order valence-corrected chi connectivity index (χ4v) is 4.22. The molecule has 3 rings (SSSR count). The van der Waals surface area contributed by atoms with Gasteiger partial charge in [-0.1, -0.05) is 19.9 Å². The molecule has 7 nitrogen and oxygen atoms in total. The van der Waals surface area contributed by atoms with E-state index in [1.54, 1.807) is 0 Å². The number of hydrogen-bond donors (Lipinski definition) is 1. The van der Waals surface area contributed by atoms with Gasteiger partial charge in [-0.15, -0.1) is 0 Å². The number of nitrogens with zero attached hydrogens (tertiary/aromatic N) is 3. The number of methoxy groups -OCH3 is 1. The Morgan fingerprint density at radius 1 is 1.06 bits per heavy atom. The first kappa shape index (κ1) is 24.4. The first-order chi connectivity index (χ1) is 15.5. The van der Waals surface area contributed by atoms with Gasteiger partial charge in [0, 0.05) is 17.5 Å². The molecule has 1 unspecified atom stereocenters. The number of ether oxygens (including phenoxy) is 1. The molecular formula is C26H34N4O3. The summed E-state index contributed by atoms with van der Waals surface area (Å²) in [6.07, 6.45) is 0.798. The Labute approximate surface area is 195 Å². The van der Waals surface area contributed by atoms with Gasteiger partial charge >= 0.3 is 5.97 Å². The van der Waals surface area contributed by atoms with Crippen LogP contribution in [0.5, 0.6) is 0 Å². The van der Waals surface area contributed by atoms with E-state index in [0.29, 0.717) is 6.42 Å². The van der Waals surface area contributed by atoms with Gasteiger partial charge in [0.05, 0.1) is 18.5 Å². The molecule has 0 bridgehead atoms. The highest BCUT2D eigenvalue weighted by molar-refractivity contribution is 5.86. The second-order valence-electron chi connectivity index (χ2n) is 9.08. The standard InChI is InChI=1S/C26H34N4O3/c1-14(2)24(26(32)33-8)28-22(31)12-11-21-17(5)23-19(7)29-30(25(23)27-18(21)6)20-10-9-15(3)16(4)13-20/h9-10,13-14,24H,11-12H2,1-8H3,(H,28,31). The smallest absolute Gasteiger partial charge is 0.328 e. The number of carbonyl (C=O) groups is 2. The van der Waals surface area contributed by atoms with Crippen molar-refractivity contribution in [1.29, 1.82) is 0 Å². The molecule has 0 saturated carbocycles. The van der Waals surface area contributed by atoms with Crippen molar-refractivity contribution in [3.63, 3.8) is 0 Å².